The first-order valence-electron chi connectivity index (χ1n) is 4.51. The molecule has 0 saturated heterocycles. The van der Waals surface area contributed by atoms with Crippen molar-refractivity contribution in [2.75, 3.05) is 7.05 Å². The number of hydrogen-bond acceptors (Lipinski definition) is 6. The summed E-state index contributed by atoms with van der Waals surface area (Å²) in [5.74, 6) is 1.20. The van der Waals surface area contributed by atoms with Gasteiger partial charge in [0.05, 0.1) is 17.6 Å². The zero-order valence-corrected chi connectivity index (χ0v) is 8.05. The van der Waals surface area contributed by atoms with Crippen LogP contribution in [-0.4, -0.2) is 36.4 Å². The average molecular weight is 200 g/mol. The molecule has 0 fully saturated rings. The van der Waals surface area contributed by atoms with E-state index < -0.39 is 0 Å². The lowest BCUT2D eigenvalue weighted by atomic mass is 10.2. The van der Waals surface area contributed by atoms with Gasteiger partial charge in [-0.1, -0.05) is 0 Å². The Morgan fingerprint density at radius 3 is 2.93 bits per heavy atom. The second kappa shape index (κ2) is 2.88. The van der Waals surface area contributed by atoms with E-state index in [0.717, 1.165) is 11.4 Å². The van der Waals surface area contributed by atoms with E-state index in [1.165, 1.54) is 6.34 Å². The predicted octanol–water partition coefficient (Wildman–Crippen LogP) is 0.0850. The molecule has 3 aliphatic rings. The molecule has 6 nitrogen and oxygen atoms in total. The van der Waals surface area contributed by atoms with E-state index in [2.05, 4.69) is 25.3 Å². The summed E-state index contributed by atoms with van der Waals surface area (Å²) in [6.45, 7) is 0. The van der Waals surface area contributed by atoms with Crippen LogP contribution in [0.2, 0.25) is 0 Å². The van der Waals surface area contributed by atoms with Gasteiger partial charge in [0.15, 0.2) is 0 Å². The largest absolute Gasteiger partial charge is 0.385 e. The lowest BCUT2D eigenvalue weighted by Gasteiger charge is -2.31. The van der Waals surface area contributed by atoms with Gasteiger partial charge < -0.3 is 5.32 Å². The van der Waals surface area contributed by atoms with E-state index in [1.54, 1.807) is 12.4 Å². The Morgan fingerprint density at radius 2 is 2.07 bits per heavy atom. The van der Waals surface area contributed by atoms with Crippen LogP contribution in [-0.2, 0) is 0 Å². The Kier molecular flexibility index (Phi) is 1.55. The molecule has 0 aromatic heterocycles. The number of likely N-dealkylation sites (N-methyl/N-ethyl adjacent to an activating group) is 1. The highest BCUT2D eigenvalue weighted by Crippen LogP contribution is 2.23. The number of rotatable bonds is 1. The molecule has 1 N–H and O–H groups in total. The number of guanidine groups is 2. The lowest BCUT2D eigenvalue weighted by Crippen LogP contribution is -2.41. The van der Waals surface area contributed by atoms with Gasteiger partial charge >= 0.3 is 0 Å². The standard InChI is InChI=1S/C9H8N6/c1-10-6-4-12-9-14-5-13-8-11-3-2-7(6)15(8)9/h2-5,10H,1H3. The van der Waals surface area contributed by atoms with Crippen molar-refractivity contribution in [3.63, 3.8) is 0 Å². The van der Waals surface area contributed by atoms with E-state index in [0.29, 0.717) is 11.9 Å². The Bertz CT molecular complexity index is 491. The third kappa shape index (κ3) is 1.04. The molecule has 3 rings (SSSR count). The van der Waals surface area contributed by atoms with E-state index in [4.69, 9.17) is 0 Å². The van der Waals surface area contributed by atoms with Gasteiger partial charge in [0.25, 0.3) is 0 Å². The number of hydrogen-bond donors (Lipinski definition) is 1. The lowest BCUT2D eigenvalue weighted by molar-refractivity contribution is 0.696. The van der Waals surface area contributed by atoms with E-state index in [9.17, 15) is 0 Å². The number of nitrogens with one attached hydrogen (secondary N) is 1. The van der Waals surface area contributed by atoms with E-state index >= 15 is 0 Å². The monoisotopic (exact) mass is 200 g/mol. The summed E-state index contributed by atoms with van der Waals surface area (Å²) in [6.07, 6.45) is 6.83. The fraction of sp³-hybridized carbons (Fsp3) is 0.111. The predicted molar refractivity (Wildman–Crippen MR) is 58.9 cm³/mol. The third-order valence-corrected chi connectivity index (χ3v) is 2.26. The van der Waals surface area contributed by atoms with Gasteiger partial charge in [-0.15, -0.1) is 0 Å². The molecule has 3 aliphatic heterocycles. The Hall–Kier alpha value is -2.24. The van der Waals surface area contributed by atoms with Crippen molar-refractivity contribution in [1.29, 1.82) is 0 Å². The van der Waals surface area contributed by atoms with Crippen molar-refractivity contribution in [2.45, 2.75) is 0 Å². The first-order chi connectivity index (χ1) is 7.40. The minimum Gasteiger partial charge on any atom is -0.385 e. The molecular formula is C9H8N6. The van der Waals surface area contributed by atoms with Gasteiger partial charge in [-0.25, -0.2) is 24.9 Å². The van der Waals surface area contributed by atoms with E-state index in [1.807, 2.05) is 18.0 Å². The first-order valence-corrected chi connectivity index (χ1v) is 4.51. The van der Waals surface area contributed by atoms with Gasteiger partial charge in [-0.05, 0) is 6.08 Å². The fourth-order valence-electron chi connectivity index (χ4n) is 1.58. The van der Waals surface area contributed by atoms with Crippen LogP contribution in [0.25, 0.3) is 0 Å². The van der Waals surface area contributed by atoms with Crippen LogP contribution in [0.1, 0.15) is 0 Å². The molecule has 15 heavy (non-hydrogen) atoms. The minimum absolute atomic E-state index is 0.599. The number of aliphatic imine (C=N–C) groups is 4. The number of nitrogens with zero attached hydrogens (tertiary/aromatic N) is 5. The van der Waals surface area contributed by atoms with Gasteiger partial charge in [0.2, 0.25) is 11.9 Å². The van der Waals surface area contributed by atoms with Crippen molar-refractivity contribution >= 4 is 24.5 Å². The maximum Gasteiger partial charge on any atom is 0.238 e. The van der Waals surface area contributed by atoms with E-state index in [-0.39, 0.29) is 0 Å². The second-order valence-corrected chi connectivity index (χ2v) is 3.06. The van der Waals surface area contributed by atoms with Crippen molar-refractivity contribution in [2.24, 2.45) is 20.0 Å². The molecule has 0 saturated carbocycles. The van der Waals surface area contributed by atoms with Gasteiger partial charge in [-0.2, -0.15) is 0 Å². The fourth-order valence-corrected chi connectivity index (χ4v) is 1.58. The van der Waals surface area contributed by atoms with Gasteiger partial charge in [-0.3, -0.25) is 0 Å². The number of allylic oxidation sites excluding steroid dienone is 1. The second-order valence-electron chi connectivity index (χ2n) is 3.06. The summed E-state index contributed by atoms with van der Waals surface area (Å²) in [4.78, 5) is 18.3. The molecule has 0 unspecified atom stereocenters. The third-order valence-electron chi connectivity index (χ3n) is 2.26. The summed E-state index contributed by atoms with van der Waals surface area (Å²) in [6, 6.07) is 0. The van der Waals surface area contributed by atoms with Crippen LogP contribution < -0.4 is 5.32 Å². The normalized spacial score (nSPS) is 21.3. The molecule has 0 aromatic carbocycles. The van der Waals surface area contributed by atoms with Crippen molar-refractivity contribution < 1.29 is 0 Å². The summed E-state index contributed by atoms with van der Waals surface area (Å²) in [7, 11) is 1.85. The molecule has 0 radical (unpaired) electrons. The van der Waals surface area contributed by atoms with Crippen LogP contribution in [0.3, 0.4) is 0 Å². The van der Waals surface area contributed by atoms with Crippen molar-refractivity contribution in [3.05, 3.63) is 23.7 Å². The van der Waals surface area contributed by atoms with Crippen LogP contribution in [0.5, 0.6) is 0 Å². The zero-order chi connectivity index (χ0) is 10.3. The van der Waals surface area contributed by atoms with Crippen LogP contribution >= 0.6 is 0 Å². The molecular weight excluding hydrogens is 192 g/mol. The summed E-state index contributed by atoms with van der Waals surface area (Å²) < 4.78 is 0. The van der Waals surface area contributed by atoms with Crippen LogP contribution in [0.15, 0.2) is 43.6 Å². The molecule has 0 spiro atoms. The average Bonchev–Trinajstić information content (AvgIpc) is 2.30. The highest BCUT2D eigenvalue weighted by atomic mass is 15.4. The smallest absolute Gasteiger partial charge is 0.238 e. The molecule has 3 heterocycles. The summed E-state index contributed by atoms with van der Waals surface area (Å²) in [5, 5.41) is 3.07. The highest BCUT2D eigenvalue weighted by Gasteiger charge is 2.29. The molecule has 0 aliphatic carbocycles. The molecule has 0 aromatic rings. The summed E-state index contributed by atoms with van der Waals surface area (Å²) in [5.41, 5.74) is 1.89. The zero-order valence-electron chi connectivity index (χ0n) is 8.05. The Morgan fingerprint density at radius 1 is 1.20 bits per heavy atom. The molecule has 0 amide bonds. The SMILES string of the molecule is CNC1=CN=C2N=CN=C3N=CC=C1N32. The van der Waals surface area contributed by atoms with Gasteiger partial charge in [0, 0.05) is 13.3 Å². The topological polar surface area (TPSA) is 64.7 Å². The summed E-state index contributed by atoms with van der Waals surface area (Å²) >= 11 is 0. The molecule has 0 atom stereocenters. The molecule has 74 valence electrons. The molecule has 6 heteroatoms. The maximum absolute atomic E-state index is 4.21. The minimum atomic E-state index is 0.599. The Labute approximate surface area is 86.2 Å². The first kappa shape index (κ1) is 8.10. The van der Waals surface area contributed by atoms with Gasteiger partial charge in [0.1, 0.15) is 6.34 Å². The quantitative estimate of drug-likeness (QED) is 0.651. The maximum atomic E-state index is 4.21. The van der Waals surface area contributed by atoms with Crippen molar-refractivity contribution in [1.82, 2.24) is 10.2 Å². The van der Waals surface area contributed by atoms with Crippen molar-refractivity contribution in [3.8, 4) is 0 Å². The van der Waals surface area contributed by atoms with Crippen LogP contribution in [0, 0.1) is 0 Å². The Balaban J connectivity index is 2.19. The molecule has 0 bridgehead atoms. The highest BCUT2D eigenvalue weighted by molar-refractivity contribution is 6.13. The van der Waals surface area contributed by atoms with Crippen LogP contribution in [0.4, 0.5) is 0 Å².